The molecule has 1 heterocycles. The molecule has 1 fully saturated rings. The van der Waals surface area contributed by atoms with E-state index in [9.17, 15) is 10.2 Å². The van der Waals surface area contributed by atoms with Crippen LogP contribution in [-0.4, -0.2) is 10.2 Å². The summed E-state index contributed by atoms with van der Waals surface area (Å²) in [6.45, 7) is 4.09. The minimum atomic E-state index is -1.62. The third-order valence-corrected chi connectivity index (χ3v) is 6.64. The van der Waals surface area contributed by atoms with Gasteiger partial charge in [-0.25, -0.2) is 0 Å². The van der Waals surface area contributed by atoms with E-state index in [4.69, 9.17) is 4.74 Å². The number of hydrogen-bond acceptors (Lipinski definition) is 3. The Labute approximate surface area is 179 Å². The van der Waals surface area contributed by atoms with Gasteiger partial charge in [-0.05, 0) is 24.0 Å². The lowest BCUT2D eigenvalue weighted by atomic mass is 9.61. The second kappa shape index (κ2) is 8.35. The van der Waals surface area contributed by atoms with Crippen LogP contribution in [0, 0.1) is 11.8 Å². The molecule has 0 aliphatic carbocycles. The van der Waals surface area contributed by atoms with Gasteiger partial charge in [0, 0.05) is 11.5 Å². The van der Waals surface area contributed by atoms with Crippen LogP contribution in [0.4, 0.5) is 0 Å². The van der Waals surface area contributed by atoms with Crippen molar-refractivity contribution < 1.29 is 14.9 Å². The van der Waals surface area contributed by atoms with E-state index in [1.807, 2.05) is 97.9 Å². The second-order valence-corrected chi connectivity index (χ2v) is 8.18. The van der Waals surface area contributed by atoms with Crippen molar-refractivity contribution in [2.45, 2.75) is 44.2 Å². The predicted octanol–water partition coefficient (Wildman–Crippen LogP) is 5.54. The van der Waals surface area contributed by atoms with Gasteiger partial charge < -0.3 is 14.9 Å². The molecule has 156 valence electrons. The van der Waals surface area contributed by atoms with Gasteiger partial charge in [0.2, 0.25) is 0 Å². The minimum Gasteiger partial charge on any atom is -0.384 e. The lowest BCUT2D eigenvalue weighted by molar-refractivity contribution is -0.366. The summed E-state index contributed by atoms with van der Waals surface area (Å²) in [7, 11) is 0. The monoisotopic (exact) mass is 402 g/mol. The quantitative estimate of drug-likeness (QED) is 0.589. The molecule has 5 unspecified atom stereocenters. The Morgan fingerprint density at radius 3 is 1.70 bits per heavy atom. The van der Waals surface area contributed by atoms with Crippen molar-refractivity contribution in [2.75, 3.05) is 0 Å². The molecule has 1 saturated heterocycles. The van der Waals surface area contributed by atoms with Gasteiger partial charge >= 0.3 is 0 Å². The largest absolute Gasteiger partial charge is 0.384 e. The summed E-state index contributed by atoms with van der Waals surface area (Å²) in [6.07, 6.45) is 0.829. The van der Waals surface area contributed by atoms with Gasteiger partial charge in [0.05, 0.1) is 12.0 Å². The fraction of sp³-hybridized carbons (Fsp3) is 0.333. The molecule has 0 bridgehead atoms. The first-order valence-corrected chi connectivity index (χ1v) is 10.8. The molecule has 0 amide bonds. The molecular weight excluding hydrogens is 372 g/mol. The Balaban J connectivity index is 1.96. The fourth-order valence-electron chi connectivity index (χ4n) is 5.27. The zero-order chi connectivity index (χ0) is 21.2. The molecule has 4 rings (SSSR count). The van der Waals surface area contributed by atoms with E-state index in [2.05, 4.69) is 6.92 Å². The average molecular weight is 403 g/mol. The van der Waals surface area contributed by atoms with Gasteiger partial charge in [-0.3, -0.25) is 0 Å². The van der Waals surface area contributed by atoms with Crippen LogP contribution in [0.25, 0.3) is 0 Å². The lowest BCUT2D eigenvalue weighted by Gasteiger charge is -2.56. The summed E-state index contributed by atoms with van der Waals surface area (Å²) < 4.78 is 6.57. The molecule has 30 heavy (non-hydrogen) atoms. The Bertz CT molecular complexity index is 944. The SMILES string of the molecule is CCC1C(c2ccccc2)OC(O)(c2ccccc2)C(CC)C1(O)c1ccccc1. The molecule has 1 aliphatic heterocycles. The Morgan fingerprint density at radius 2 is 1.20 bits per heavy atom. The average Bonchev–Trinajstić information content (AvgIpc) is 2.80. The topological polar surface area (TPSA) is 49.7 Å². The normalized spacial score (nSPS) is 31.4. The highest BCUT2D eigenvalue weighted by Crippen LogP contribution is 2.59. The van der Waals surface area contributed by atoms with Crippen LogP contribution in [0.2, 0.25) is 0 Å². The van der Waals surface area contributed by atoms with Gasteiger partial charge in [-0.15, -0.1) is 0 Å². The standard InChI is InChI=1S/C27H30O3/c1-3-23-25(20-14-8-5-9-15-20)30-27(29,22-18-12-7-13-19-22)24(4-2)26(23,28)21-16-10-6-11-17-21/h5-19,23-25,28-29H,3-4H2,1-2H3. The van der Waals surface area contributed by atoms with E-state index in [0.29, 0.717) is 18.4 Å². The Kier molecular flexibility index (Phi) is 5.79. The summed E-state index contributed by atoms with van der Waals surface area (Å²) >= 11 is 0. The van der Waals surface area contributed by atoms with Gasteiger partial charge in [-0.1, -0.05) is 105 Å². The van der Waals surface area contributed by atoms with Crippen molar-refractivity contribution in [3.8, 4) is 0 Å². The molecule has 1 aliphatic rings. The highest BCUT2D eigenvalue weighted by molar-refractivity contribution is 5.33. The first-order chi connectivity index (χ1) is 14.6. The first-order valence-electron chi connectivity index (χ1n) is 10.8. The van der Waals surface area contributed by atoms with Crippen LogP contribution in [0.1, 0.15) is 49.5 Å². The molecule has 3 aromatic carbocycles. The molecule has 3 nitrogen and oxygen atoms in total. The second-order valence-electron chi connectivity index (χ2n) is 8.18. The Morgan fingerprint density at radius 1 is 0.700 bits per heavy atom. The van der Waals surface area contributed by atoms with Crippen LogP contribution in [-0.2, 0) is 16.1 Å². The molecule has 3 heteroatoms. The zero-order valence-electron chi connectivity index (χ0n) is 17.6. The van der Waals surface area contributed by atoms with Crippen molar-refractivity contribution in [2.24, 2.45) is 11.8 Å². The van der Waals surface area contributed by atoms with Crippen LogP contribution in [0.15, 0.2) is 91.0 Å². The van der Waals surface area contributed by atoms with E-state index in [1.165, 1.54) is 0 Å². The number of hydrogen-bond donors (Lipinski definition) is 2. The molecule has 0 radical (unpaired) electrons. The van der Waals surface area contributed by atoms with E-state index in [1.54, 1.807) is 0 Å². The van der Waals surface area contributed by atoms with Gasteiger partial charge in [0.15, 0.2) is 5.79 Å². The summed E-state index contributed by atoms with van der Waals surface area (Å²) in [4.78, 5) is 0. The maximum Gasteiger partial charge on any atom is 0.199 e. The van der Waals surface area contributed by atoms with Crippen LogP contribution in [0.3, 0.4) is 0 Å². The maximum absolute atomic E-state index is 12.5. The third-order valence-electron chi connectivity index (χ3n) is 6.64. The molecule has 3 aromatic rings. The Hall–Kier alpha value is -2.46. The summed E-state index contributed by atoms with van der Waals surface area (Å²) in [5.74, 6) is -2.36. The number of ether oxygens (including phenoxy) is 1. The number of aliphatic hydroxyl groups is 2. The summed E-state index contributed by atoms with van der Waals surface area (Å²) in [5, 5.41) is 24.5. The van der Waals surface area contributed by atoms with E-state index < -0.39 is 23.4 Å². The summed E-state index contributed by atoms with van der Waals surface area (Å²) in [5.41, 5.74) is 1.19. The molecule has 0 saturated carbocycles. The van der Waals surface area contributed by atoms with Gasteiger partial charge in [0.25, 0.3) is 0 Å². The number of benzene rings is 3. The molecule has 0 spiro atoms. The molecule has 5 atom stereocenters. The predicted molar refractivity (Wildman–Crippen MR) is 119 cm³/mol. The fourth-order valence-corrected chi connectivity index (χ4v) is 5.27. The highest BCUT2D eigenvalue weighted by Gasteiger charge is 2.61. The lowest BCUT2D eigenvalue weighted by Crippen LogP contribution is -2.59. The van der Waals surface area contributed by atoms with E-state index in [-0.39, 0.29) is 5.92 Å². The van der Waals surface area contributed by atoms with Crippen molar-refractivity contribution in [3.05, 3.63) is 108 Å². The zero-order valence-corrected chi connectivity index (χ0v) is 17.6. The van der Waals surface area contributed by atoms with Crippen molar-refractivity contribution in [1.29, 1.82) is 0 Å². The smallest absolute Gasteiger partial charge is 0.199 e. The highest BCUT2D eigenvalue weighted by atomic mass is 16.6. The van der Waals surface area contributed by atoms with Crippen molar-refractivity contribution in [1.82, 2.24) is 0 Å². The molecular formula is C27H30O3. The van der Waals surface area contributed by atoms with Gasteiger partial charge in [0.1, 0.15) is 5.60 Å². The van der Waals surface area contributed by atoms with Crippen LogP contribution in [0.5, 0.6) is 0 Å². The first kappa shape index (κ1) is 20.8. The van der Waals surface area contributed by atoms with E-state index >= 15 is 0 Å². The molecule has 2 N–H and O–H groups in total. The molecule has 0 aromatic heterocycles. The van der Waals surface area contributed by atoms with Gasteiger partial charge in [-0.2, -0.15) is 0 Å². The maximum atomic E-state index is 12.5. The summed E-state index contributed by atoms with van der Waals surface area (Å²) in [6, 6.07) is 29.2. The minimum absolute atomic E-state index is 0.212. The number of rotatable bonds is 5. The van der Waals surface area contributed by atoms with E-state index in [0.717, 1.165) is 11.1 Å². The third kappa shape index (κ3) is 3.27. The van der Waals surface area contributed by atoms with Crippen LogP contribution < -0.4 is 0 Å². The van der Waals surface area contributed by atoms with Crippen LogP contribution >= 0.6 is 0 Å². The van der Waals surface area contributed by atoms with Crippen molar-refractivity contribution in [3.63, 3.8) is 0 Å². The van der Waals surface area contributed by atoms with Crippen molar-refractivity contribution >= 4 is 0 Å².